The van der Waals surface area contributed by atoms with Crippen LogP contribution in [0, 0.1) is 5.41 Å². The summed E-state index contributed by atoms with van der Waals surface area (Å²) in [4.78, 5) is 18.9. The molecule has 0 atom stereocenters. The van der Waals surface area contributed by atoms with Crippen LogP contribution in [0.2, 0.25) is 0 Å². The van der Waals surface area contributed by atoms with Crippen molar-refractivity contribution in [3.63, 3.8) is 0 Å². The van der Waals surface area contributed by atoms with Crippen molar-refractivity contribution in [1.29, 1.82) is 0 Å². The van der Waals surface area contributed by atoms with Gasteiger partial charge in [0.25, 0.3) is 5.91 Å². The lowest BCUT2D eigenvalue weighted by molar-refractivity contribution is 0.0827. The minimum absolute atomic E-state index is 0.0278. The van der Waals surface area contributed by atoms with Crippen LogP contribution in [0.1, 0.15) is 34.3 Å². The van der Waals surface area contributed by atoms with Crippen molar-refractivity contribution < 1.29 is 4.79 Å². The van der Waals surface area contributed by atoms with E-state index >= 15 is 0 Å². The maximum absolute atomic E-state index is 12.3. The molecule has 2 aromatic rings. The minimum atomic E-state index is 0.0278. The van der Waals surface area contributed by atoms with Crippen LogP contribution in [0.15, 0.2) is 53.5 Å². The quantitative estimate of drug-likeness (QED) is 0.837. The number of amides is 1. The van der Waals surface area contributed by atoms with Gasteiger partial charge >= 0.3 is 0 Å². The summed E-state index contributed by atoms with van der Waals surface area (Å²) in [5.41, 5.74) is 4.49. The van der Waals surface area contributed by atoms with E-state index in [1.807, 2.05) is 30.0 Å². The van der Waals surface area contributed by atoms with Crippen molar-refractivity contribution in [2.75, 3.05) is 30.9 Å². The lowest BCUT2D eigenvalue weighted by atomic mass is 9.73. The summed E-state index contributed by atoms with van der Waals surface area (Å²) in [5.74, 6) is 3.53. The maximum atomic E-state index is 12.3. The highest BCUT2D eigenvalue weighted by atomic mass is 32.2. The van der Waals surface area contributed by atoms with Gasteiger partial charge in [-0.3, -0.25) is 9.79 Å². The zero-order chi connectivity index (χ0) is 19.6. The smallest absolute Gasteiger partial charge is 0.253 e. The second kappa shape index (κ2) is 8.00. The number of hydrogen-bond donors (Lipinski definition) is 1. The van der Waals surface area contributed by atoms with Gasteiger partial charge in [0.2, 0.25) is 0 Å². The molecular formula is C23H27N3OS. The average Bonchev–Trinajstić information content (AvgIpc) is 2.72. The lowest BCUT2D eigenvalue weighted by Crippen LogP contribution is -2.44. The summed E-state index contributed by atoms with van der Waals surface area (Å²) < 4.78 is 0. The zero-order valence-electron chi connectivity index (χ0n) is 16.6. The number of hydrogen-bond acceptors (Lipinski definition) is 3. The van der Waals surface area contributed by atoms with Crippen LogP contribution in [0.5, 0.6) is 0 Å². The van der Waals surface area contributed by atoms with Crippen molar-refractivity contribution in [2.24, 2.45) is 10.4 Å². The van der Waals surface area contributed by atoms with Crippen LogP contribution in [0.4, 0.5) is 5.69 Å². The van der Waals surface area contributed by atoms with E-state index in [0.29, 0.717) is 12.1 Å². The zero-order valence-corrected chi connectivity index (χ0v) is 17.4. The second-order valence-corrected chi connectivity index (χ2v) is 9.14. The molecule has 0 aliphatic carbocycles. The van der Waals surface area contributed by atoms with E-state index in [1.165, 1.54) is 22.8 Å². The van der Waals surface area contributed by atoms with E-state index in [-0.39, 0.29) is 11.3 Å². The molecule has 1 saturated heterocycles. The number of thioether (sulfide) groups is 1. The van der Waals surface area contributed by atoms with Gasteiger partial charge in [0.15, 0.2) is 0 Å². The summed E-state index contributed by atoms with van der Waals surface area (Å²) in [6.45, 7) is 0.591. The third kappa shape index (κ3) is 3.81. The van der Waals surface area contributed by atoms with Crippen LogP contribution < -0.4 is 5.32 Å². The van der Waals surface area contributed by atoms with E-state index in [0.717, 1.165) is 30.7 Å². The summed E-state index contributed by atoms with van der Waals surface area (Å²) in [5, 5.41) is 3.65. The summed E-state index contributed by atoms with van der Waals surface area (Å²) in [7, 11) is 3.56. The van der Waals surface area contributed by atoms with E-state index in [2.05, 4.69) is 35.6 Å². The van der Waals surface area contributed by atoms with Gasteiger partial charge in [-0.15, -0.1) is 0 Å². The predicted molar refractivity (Wildman–Crippen MR) is 118 cm³/mol. The van der Waals surface area contributed by atoms with Crippen molar-refractivity contribution in [2.45, 2.75) is 25.8 Å². The first-order valence-electron chi connectivity index (χ1n) is 9.86. The molecule has 1 amide bonds. The van der Waals surface area contributed by atoms with Gasteiger partial charge in [-0.1, -0.05) is 30.3 Å². The molecule has 4 rings (SSSR count). The Kier molecular flexibility index (Phi) is 5.44. The number of nitrogens with zero attached hydrogens (tertiary/aromatic N) is 2. The maximum Gasteiger partial charge on any atom is 0.253 e. The summed E-state index contributed by atoms with van der Waals surface area (Å²) in [6, 6.07) is 16.4. The van der Waals surface area contributed by atoms with E-state index < -0.39 is 0 Å². The molecule has 4 nitrogen and oxygen atoms in total. The van der Waals surface area contributed by atoms with Crippen molar-refractivity contribution in [3.05, 3.63) is 65.2 Å². The molecule has 2 heterocycles. The molecule has 28 heavy (non-hydrogen) atoms. The number of fused-ring (bicyclic) bond motifs is 1. The van der Waals surface area contributed by atoms with Crippen LogP contribution in [0.3, 0.4) is 0 Å². The Morgan fingerprint density at radius 3 is 2.71 bits per heavy atom. The second-order valence-electron chi connectivity index (χ2n) is 7.92. The van der Waals surface area contributed by atoms with Gasteiger partial charge < -0.3 is 10.2 Å². The number of anilines is 1. The fraction of sp³-hybridized carbons (Fsp3) is 0.391. The number of rotatable bonds is 3. The number of aliphatic imine (C=N–C) groups is 1. The Labute approximate surface area is 171 Å². The Morgan fingerprint density at radius 1 is 1.14 bits per heavy atom. The molecule has 1 N–H and O–H groups in total. The molecule has 0 radical (unpaired) electrons. The molecule has 0 saturated carbocycles. The average molecular weight is 394 g/mol. The highest BCUT2D eigenvalue weighted by Crippen LogP contribution is 2.44. The van der Waals surface area contributed by atoms with E-state index in [9.17, 15) is 4.79 Å². The standard InChI is InChI=1S/C23H27N3OS/c1-26(2)21(27)18-8-5-6-17(14-18)16-24-22-23(10-12-28-13-11-23)15-19-7-3-4-9-20(19)25-22/h3-9,14H,10-13,15-16H2,1-2H3,(H,24,25). The molecule has 2 aliphatic rings. The molecule has 146 valence electrons. The molecule has 5 heteroatoms. The molecule has 1 spiro atoms. The molecule has 2 aromatic carbocycles. The van der Waals surface area contributed by atoms with Crippen LogP contribution >= 0.6 is 11.8 Å². The van der Waals surface area contributed by atoms with Gasteiger partial charge in [-0.25, -0.2) is 0 Å². The van der Waals surface area contributed by atoms with Crippen LogP contribution in [0.25, 0.3) is 0 Å². The topological polar surface area (TPSA) is 44.7 Å². The van der Waals surface area contributed by atoms with Crippen LogP contribution in [-0.2, 0) is 13.0 Å². The SMILES string of the molecule is CN(C)C(=O)c1cccc(CN=C2Nc3ccccc3CC23CCSCC3)c1. The summed E-state index contributed by atoms with van der Waals surface area (Å²) in [6.07, 6.45) is 3.39. The number of para-hydroxylation sites is 1. The highest BCUT2D eigenvalue weighted by Gasteiger charge is 2.41. The fourth-order valence-electron chi connectivity index (χ4n) is 4.12. The predicted octanol–water partition coefficient (Wildman–Crippen LogP) is 4.47. The number of nitrogens with one attached hydrogen (secondary N) is 1. The summed E-state index contributed by atoms with van der Waals surface area (Å²) >= 11 is 2.04. The molecule has 1 fully saturated rings. The van der Waals surface area contributed by atoms with Crippen molar-refractivity contribution in [3.8, 4) is 0 Å². The van der Waals surface area contributed by atoms with E-state index in [4.69, 9.17) is 4.99 Å². The molecule has 0 unspecified atom stereocenters. The first kappa shape index (κ1) is 19.1. The van der Waals surface area contributed by atoms with E-state index in [1.54, 1.807) is 19.0 Å². The van der Waals surface area contributed by atoms with Crippen molar-refractivity contribution in [1.82, 2.24) is 4.90 Å². The third-order valence-electron chi connectivity index (χ3n) is 5.75. The van der Waals surface area contributed by atoms with Crippen LogP contribution in [-0.4, -0.2) is 42.2 Å². The number of carbonyl (C=O) groups excluding carboxylic acids is 1. The number of benzene rings is 2. The molecule has 0 bridgehead atoms. The van der Waals surface area contributed by atoms with Gasteiger partial charge in [0.1, 0.15) is 5.84 Å². The Bertz CT molecular complexity index is 900. The number of carbonyl (C=O) groups is 1. The van der Waals surface area contributed by atoms with Gasteiger partial charge in [-0.05, 0) is 60.1 Å². The van der Waals surface area contributed by atoms with Crippen molar-refractivity contribution >= 4 is 29.2 Å². The first-order valence-corrected chi connectivity index (χ1v) is 11.0. The lowest BCUT2D eigenvalue weighted by Gasteiger charge is -2.42. The minimum Gasteiger partial charge on any atom is -0.345 e. The Morgan fingerprint density at radius 2 is 1.93 bits per heavy atom. The fourth-order valence-corrected chi connectivity index (χ4v) is 5.39. The largest absolute Gasteiger partial charge is 0.345 e. The third-order valence-corrected chi connectivity index (χ3v) is 6.74. The van der Waals surface area contributed by atoms with Gasteiger partial charge in [0.05, 0.1) is 6.54 Å². The first-order chi connectivity index (χ1) is 13.6. The normalized spacial score (nSPS) is 19.1. The monoisotopic (exact) mass is 393 g/mol. The van der Waals surface area contributed by atoms with Gasteiger partial charge in [-0.2, -0.15) is 11.8 Å². The highest BCUT2D eigenvalue weighted by molar-refractivity contribution is 7.99. The van der Waals surface area contributed by atoms with Gasteiger partial charge in [0, 0.05) is 30.8 Å². The number of amidine groups is 1. The molecular weight excluding hydrogens is 366 g/mol. The Balaban J connectivity index is 1.62. The Hall–Kier alpha value is -2.27. The molecule has 2 aliphatic heterocycles. The molecule has 0 aromatic heterocycles.